The first-order valence-electron chi connectivity index (χ1n) is 9.96. The van der Waals surface area contributed by atoms with Crippen molar-refractivity contribution in [3.8, 4) is 11.4 Å². The van der Waals surface area contributed by atoms with Crippen molar-refractivity contribution in [3.63, 3.8) is 0 Å². The Hall–Kier alpha value is -2.71. The highest BCUT2D eigenvalue weighted by molar-refractivity contribution is 5.55. The maximum atomic E-state index is 12.9. The van der Waals surface area contributed by atoms with Crippen molar-refractivity contribution in [2.45, 2.75) is 25.7 Å². The van der Waals surface area contributed by atoms with Gasteiger partial charge >= 0.3 is 6.18 Å². The molecule has 1 aliphatic heterocycles. The third-order valence-electron chi connectivity index (χ3n) is 5.21. The van der Waals surface area contributed by atoms with E-state index in [4.69, 9.17) is 4.52 Å². The molecule has 4 rings (SSSR count). The summed E-state index contributed by atoms with van der Waals surface area (Å²) >= 11 is 0. The van der Waals surface area contributed by atoms with Crippen LogP contribution in [-0.4, -0.2) is 46.1 Å². The van der Waals surface area contributed by atoms with Crippen LogP contribution >= 0.6 is 0 Å². The summed E-state index contributed by atoms with van der Waals surface area (Å²) in [4.78, 5) is 8.99. The number of hydrogen-bond donors (Lipinski definition) is 0. The van der Waals surface area contributed by atoms with E-state index >= 15 is 0 Å². The van der Waals surface area contributed by atoms with Gasteiger partial charge in [0.2, 0.25) is 11.7 Å². The average molecular weight is 416 g/mol. The van der Waals surface area contributed by atoms with Gasteiger partial charge in [0.15, 0.2) is 0 Å². The lowest BCUT2D eigenvalue weighted by molar-refractivity contribution is -0.137. The van der Waals surface area contributed by atoms with Crippen molar-refractivity contribution >= 4 is 0 Å². The summed E-state index contributed by atoms with van der Waals surface area (Å²) < 4.78 is 44.1. The molecule has 1 fully saturated rings. The van der Waals surface area contributed by atoms with Crippen LogP contribution in [0, 0.1) is 0 Å². The number of hydrogen-bond acceptors (Lipinski definition) is 5. The highest BCUT2D eigenvalue weighted by atomic mass is 19.4. The summed E-state index contributed by atoms with van der Waals surface area (Å²) in [6.07, 6.45) is -3.37. The summed E-state index contributed by atoms with van der Waals surface area (Å²) in [5, 5.41) is 3.88. The number of alkyl halides is 3. The fraction of sp³-hybridized carbons (Fsp3) is 0.364. The van der Waals surface area contributed by atoms with Gasteiger partial charge in [-0.3, -0.25) is 9.80 Å². The molecule has 0 radical (unpaired) electrons. The number of aromatic nitrogens is 2. The topological polar surface area (TPSA) is 45.4 Å². The van der Waals surface area contributed by atoms with E-state index in [-0.39, 0.29) is 5.82 Å². The van der Waals surface area contributed by atoms with Gasteiger partial charge in [0.05, 0.1) is 12.1 Å². The van der Waals surface area contributed by atoms with Gasteiger partial charge in [-0.05, 0) is 37.2 Å². The van der Waals surface area contributed by atoms with E-state index in [1.54, 1.807) is 6.07 Å². The average Bonchev–Trinajstić information content (AvgIpc) is 3.09. The number of halogens is 3. The van der Waals surface area contributed by atoms with E-state index < -0.39 is 11.7 Å². The monoisotopic (exact) mass is 416 g/mol. The fourth-order valence-electron chi connectivity index (χ4n) is 3.64. The van der Waals surface area contributed by atoms with Crippen molar-refractivity contribution in [1.29, 1.82) is 0 Å². The number of rotatable bonds is 5. The van der Waals surface area contributed by atoms with E-state index in [2.05, 4.69) is 44.2 Å². The Balaban J connectivity index is 1.36. The SMILES string of the molecule is FC(F)(F)c1cccc(-c2noc(CN3CCCN(Cc4ccccc4)CC3)n2)c1. The summed E-state index contributed by atoms with van der Waals surface area (Å²) in [5.41, 5.74) is 0.871. The summed E-state index contributed by atoms with van der Waals surface area (Å²) in [5.74, 6) is 0.593. The van der Waals surface area contributed by atoms with Crippen LogP contribution in [0.3, 0.4) is 0 Å². The van der Waals surface area contributed by atoms with Crippen molar-refractivity contribution in [1.82, 2.24) is 19.9 Å². The Morgan fingerprint density at radius 3 is 2.33 bits per heavy atom. The van der Waals surface area contributed by atoms with Gasteiger partial charge in [0, 0.05) is 25.2 Å². The van der Waals surface area contributed by atoms with E-state index in [0.29, 0.717) is 18.0 Å². The fourth-order valence-corrected chi connectivity index (χ4v) is 3.64. The molecule has 2 aromatic carbocycles. The van der Waals surface area contributed by atoms with Crippen LogP contribution in [0.2, 0.25) is 0 Å². The van der Waals surface area contributed by atoms with Crippen LogP contribution in [0.15, 0.2) is 59.1 Å². The molecule has 8 heteroatoms. The maximum Gasteiger partial charge on any atom is 0.416 e. The Morgan fingerprint density at radius 2 is 1.60 bits per heavy atom. The zero-order valence-electron chi connectivity index (χ0n) is 16.5. The van der Waals surface area contributed by atoms with Crippen molar-refractivity contribution in [2.75, 3.05) is 26.2 Å². The molecule has 0 bridgehead atoms. The highest BCUT2D eigenvalue weighted by Gasteiger charge is 2.30. The molecule has 1 aromatic heterocycles. The molecule has 30 heavy (non-hydrogen) atoms. The van der Waals surface area contributed by atoms with Crippen molar-refractivity contribution in [2.24, 2.45) is 0 Å². The van der Waals surface area contributed by atoms with Crippen molar-refractivity contribution < 1.29 is 17.7 Å². The van der Waals surface area contributed by atoms with Crippen LogP contribution in [0.25, 0.3) is 11.4 Å². The van der Waals surface area contributed by atoms with Crippen LogP contribution in [-0.2, 0) is 19.3 Å². The minimum Gasteiger partial charge on any atom is -0.338 e. The van der Waals surface area contributed by atoms with Crippen LogP contribution < -0.4 is 0 Å². The van der Waals surface area contributed by atoms with Crippen LogP contribution in [0.4, 0.5) is 13.2 Å². The predicted molar refractivity (Wildman–Crippen MR) is 106 cm³/mol. The molecule has 5 nitrogen and oxygen atoms in total. The molecule has 0 spiro atoms. The predicted octanol–water partition coefficient (Wildman–Crippen LogP) is 4.46. The number of benzene rings is 2. The van der Waals surface area contributed by atoms with Gasteiger partial charge < -0.3 is 4.52 Å². The molecule has 0 atom stereocenters. The van der Waals surface area contributed by atoms with E-state index in [9.17, 15) is 13.2 Å². The second-order valence-electron chi connectivity index (χ2n) is 7.48. The minimum absolute atomic E-state index is 0.177. The van der Waals surface area contributed by atoms with Crippen LogP contribution in [0.5, 0.6) is 0 Å². The number of nitrogens with zero attached hydrogens (tertiary/aromatic N) is 4. The van der Waals surface area contributed by atoms with Crippen molar-refractivity contribution in [3.05, 3.63) is 71.6 Å². The molecule has 1 saturated heterocycles. The van der Waals surface area contributed by atoms with E-state index in [1.165, 1.54) is 11.6 Å². The molecule has 158 valence electrons. The molecule has 3 aromatic rings. The van der Waals surface area contributed by atoms with Gasteiger partial charge in [0.25, 0.3) is 0 Å². The van der Waals surface area contributed by atoms with Gasteiger partial charge in [0.1, 0.15) is 0 Å². The summed E-state index contributed by atoms with van der Waals surface area (Å²) in [7, 11) is 0. The largest absolute Gasteiger partial charge is 0.416 e. The first kappa shape index (κ1) is 20.6. The Bertz CT molecular complexity index is 958. The highest BCUT2D eigenvalue weighted by Crippen LogP contribution is 2.31. The van der Waals surface area contributed by atoms with Gasteiger partial charge in [-0.15, -0.1) is 0 Å². The normalized spacial score (nSPS) is 16.5. The third-order valence-corrected chi connectivity index (χ3v) is 5.21. The van der Waals surface area contributed by atoms with Gasteiger partial charge in [-0.2, -0.15) is 18.2 Å². The zero-order chi connectivity index (χ0) is 21.0. The Kier molecular flexibility index (Phi) is 6.15. The quantitative estimate of drug-likeness (QED) is 0.614. The molecule has 2 heterocycles. The van der Waals surface area contributed by atoms with Gasteiger partial charge in [-0.1, -0.05) is 47.6 Å². The molecule has 0 amide bonds. The maximum absolute atomic E-state index is 12.9. The molecule has 1 aliphatic rings. The lowest BCUT2D eigenvalue weighted by atomic mass is 10.1. The van der Waals surface area contributed by atoms with Crippen LogP contribution in [0.1, 0.15) is 23.4 Å². The van der Waals surface area contributed by atoms with E-state index in [1.807, 2.05) is 6.07 Å². The molecule has 0 unspecified atom stereocenters. The molecule has 0 saturated carbocycles. The molecule has 0 N–H and O–H groups in total. The van der Waals surface area contributed by atoms with Gasteiger partial charge in [-0.25, -0.2) is 0 Å². The Morgan fingerprint density at radius 1 is 0.867 bits per heavy atom. The smallest absolute Gasteiger partial charge is 0.338 e. The lowest BCUT2D eigenvalue weighted by Crippen LogP contribution is -2.30. The van der Waals surface area contributed by atoms with E-state index in [0.717, 1.165) is 51.3 Å². The molecular formula is C22H23F3N4O. The zero-order valence-corrected chi connectivity index (χ0v) is 16.5. The summed E-state index contributed by atoms with van der Waals surface area (Å²) in [6.45, 7) is 5.15. The second kappa shape index (κ2) is 8.97. The summed E-state index contributed by atoms with van der Waals surface area (Å²) in [6, 6.07) is 15.4. The second-order valence-corrected chi connectivity index (χ2v) is 7.48. The lowest BCUT2D eigenvalue weighted by Gasteiger charge is -2.20. The molecular weight excluding hydrogens is 393 g/mol. The molecule has 0 aliphatic carbocycles. The third kappa shape index (κ3) is 5.25. The minimum atomic E-state index is -4.40. The standard InChI is InChI=1S/C22H23F3N4O/c23-22(24,25)19-9-4-8-18(14-19)21-26-20(30-27-21)16-29-11-5-10-28(12-13-29)15-17-6-2-1-3-7-17/h1-4,6-9,14H,5,10-13,15-16H2. The Labute approximate surface area is 173 Å². The first-order valence-corrected chi connectivity index (χ1v) is 9.96. The first-order chi connectivity index (χ1) is 14.5.